The summed E-state index contributed by atoms with van der Waals surface area (Å²) in [6.07, 6.45) is 0. The van der Waals surface area contributed by atoms with Gasteiger partial charge in [-0.1, -0.05) is 419 Å². The molecule has 546 valence electrons. The smallest absolute Gasteiger partial charge is 0.164 e. The van der Waals surface area contributed by atoms with E-state index in [1.54, 1.807) is 0 Å². The number of fused-ring (bicyclic) bond motifs is 9. The van der Waals surface area contributed by atoms with E-state index in [1.807, 2.05) is 109 Å². The Morgan fingerprint density at radius 2 is 0.256 bits per heavy atom. The average Bonchev–Trinajstić information content (AvgIpc) is 1.53. The van der Waals surface area contributed by atoms with Crippen LogP contribution in [0.3, 0.4) is 0 Å². The Morgan fingerprint density at radius 1 is 0.120 bits per heavy atom. The lowest BCUT2D eigenvalue weighted by molar-refractivity contribution is 0.713. The van der Waals surface area contributed by atoms with Crippen molar-refractivity contribution in [2.45, 2.75) is 16.2 Å². The zero-order valence-corrected chi connectivity index (χ0v) is 63.4. The summed E-state index contributed by atoms with van der Waals surface area (Å²) < 4.78 is 0. The molecule has 22 rings (SSSR count). The van der Waals surface area contributed by atoms with Gasteiger partial charge in [-0.25, -0.2) is 44.9 Å². The third kappa shape index (κ3) is 11.1. The second-order valence-corrected chi connectivity index (χ2v) is 30.2. The minimum absolute atomic E-state index is 0.574. The molecule has 0 N–H and O–H groups in total. The van der Waals surface area contributed by atoms with Crippen LogP contribution in [0.5, 0.6) is 0 Å². The maximum absolute atomic E-state index is 5.30. The Kier molecular flexibility index (Phi) is 16.4. The molecule has 16 aromatic carbocycles. The molecular formula is C108H69N9. The predicted octanol–water partition coefficient (Wildman–Crippen LogP) is 24.3. The Balaban J connectivity index is 0.832. The highest BCUT2D eigenvalue weighted by molar-refractivity contribution is 5.92. The lowest BCUT2D eigenvalue weighted by Crippen LogP contribution is -2.35. The fourth-order valence-electron chi connectivity index (χ4n) is 18.8. The van der Waals surface area contributed by atoms with Gasteiger partial charge in [0.25, 0.3) is 0 Å². The lowest BCUT2D eigenvalue weighted by Gasteiger charge is -2.41. The normalized spacial score (nSPS) is 13.3. The van der Waals surface area contributed by atoms with E-state index < -0.39 is 16.2 Å². The molecule has 0 bridgehead atoms. The van der Waals surface area contributed by atoms with Gasteiger partial charge in [0, 0.05) is 50.1 Å². The van der Waals surface area contributed by atoms with Crippen LogP contribution in [0.1, 0.15) is 66.8 Å². The molecule has 0 unspecified atom stereocenters. The molecule has 0 fully saturated rings. The van der Waals surface area contributed by atoms with Gasteiger partial charge in [-0.3, -0.25) is 0 Å². The fraction of sp³-hybridized carbons (Fsp3) is 0.0278. The maximum atomic E-state index is 5.30. The average molecular weight is 1490 g/mol. The molecular weight excluding hydrogens is 1420 g/mol. The summed E-state index contributed by atoms with van der Waals surface area (Å²) in [7, 11) is 0. The number of hydrogen-bond acceptors (Lipinski definition) is 9. The Morgan fingerprint density at radius 3 is 0.419 bits per heavy atom. The second kappa shape index (κ2) is 28.0. The summed E-state index contributed by atoms with van der Waals surface area (Å²) in [6, 6.07) is 151. The van der Waals surface area contributed by atoms with Crippen molar-refractivity contribution < 1.29 is 0 Å². The number of aromatic nitrogens is 9. The van der Waals surface area contributed by atoms with E-state index >= 15 is 0 Å². The standard InChI is InChI=1S/C108H69N9/c1-7-31-70(32-8-1)97-109-98(71-33-9-2-10-34-71)113-103(112-97)76-55-61-79(62-56-76)106(91-49-25-19-43-85(91)86-44-20-26-50-92(86)106)82-67-83(107(93-51-27-21-45-87(93)88-46-22-28-52-94(88)107)80-63-57-77(58-64-80)104-114-99(72-35-11-3-12-36-72)110-100(115-104)73-37-13-4-14-38-73)69-84(68-82)108(95-53-29-23-47-89(95)90-48-24-30-54-96(90)108)81-65-59-78(60-66-81)105-116-101(74-39-15-5-16-40-74)111-102(117-105)75-41-17-6-18-42-75/h1-69H. The molecule has 117 heavy (non-hydrogen) atoms. The van der Waals surface area contributed by atoms with Crippen LogP contribution >= 0.6 is 0 Å². The topological polar surface area (TPSA) is 116 Å². The van der Waals surface area contributed by atoms with Gasteiger partial charge in [0.15, 0.2) is 52.4 Å². The summed E-state index contributed by atoms with van der Waals surface area (Å²) >= 11 is 0. The predicted molar refractivity (Wildman–Crippen MR) is 467 cm³/mol. The first-order valence-electron chi connectivity index (χ1n) is 39.6. The van der Waals surface area contributed by atoms with E-state index in [0.29, 0.717) is 52.4 Å². The summed E-state index contributed by atoms with van der Waals surface area (Å²) in [5, 5.41) is 0. The largest absolute Gasteiger partial charge is 0.208 e. The minimum Gasteiger partial charge on any atom is -0.208 e. The van der Waals surface area contributed by atoms with Crippen molar-refractivity contribution in [1.82, 2.24) is 44.9 Å². The Labute approximate surface area is 678 Å². The van der Waals surface area contributed by atoms with Gasteiger partial charge in [-0.2, -0.15) is 0 Å². The van der Waals surface area contributed by atoms with Gasteiger partial charge in [-0.15, -0.1) is 0 Å². The molecule has 19 aromatic rings. The molecule has 3 aliphatic rings. The van der Waals surface area contributed by atoms with E-state index in [0.717, 1.165) is 83.5 Å². The molecule has 0 saturated carbocycles. The first-order valence-corrected chi connectivity index (χ1v) is 39.6. The molecule has 0 aliphatic heterocycles. The molecule has 0 atom stereocenters. The van der Waals surface area contributed by atoms with Crippen molar-refractivity contribution in [1.29, 1.82) is 0 Å². The molecule has 0 saturated heterocycles. The van der Waals surface area contributed by atoms with Gasteiger partial charge in [0.1, 0.15) is 0 Å². The summed E-state index contributed by atoms with van der Waals surface area (Å²) in [5.74, 6) is 5.31. The van der Waals surface area contributed by atoms with E-state index in [1.165, 1.54) is 66.8 Å². The van der Waals surface area contributed by atoms with Gasteiger partial charge in [-0.05, 0) is 100 Å². The van der Waals surface area contributed by atoms with Crippen molar-refractivity contribution in [3.63, 3.8) is 0 Å². The summed E-state index contributed by atoms with van der Waals surface area (Å²) in [6.45, 7) is 0. The number of rotatable bonds is 15. The molecule has 0 amide bonds. The molecule has 9 nitrogen and oxygen atoms in total. The molecule has 0 radical (unpaired) electrons. The highest BCUT2D eigenvalue weighted by atomic mass is 15.1. The van der Waals surface area contributed by atoms with Crippen LogP contribution in [0, 0.1) is 0 Å². The van der Waals surface area contributed by atoms with Gasteiger partial charge in [0.2, 0.25) is 0 Å². The third-order valence-corrected chi connectivity index (χ3v) is 23.9. The van der Waals surface area contributed by atoms with Crippen LogP contribution in [0.4, 0.5) is 0 Å². The van der Waals surface area contributed by atoms with Crippen molar-refractivity contribution >= 4 is 0 Å². The molecule has 3 aliphatic carbocycles. The number of hydrogen-bond donors (Lipinski definition) is 0. The summed E-state index contributed by atoms with van der Waals surface area (Å²) in [5.41, 5.74) is 25.5. The van der Waals surface area contributed by atoms with E-state index in [-0.39, 0.29) is 0 Å². The fourth-order valence-corrected chi connectivity index (χ4v) is 18.8. The van der Waals surface area contributed by atoms with E-state index in [4.69, 9.17) is 44.9 Å². The molecule has 0 spiro atoms. The first-order chi connectivity index (χ1) is 58.0. The SMILES string of the molecule is c1ccc(-c2nc(-c3ccccc3)nc(-c3ccc(C4(c5cc(C6(c7ccc(-c8nc(-c9ccccc9)nc(-c9ccccc9)n8)cc7)c7ccccc7-c7ccccc76)cc(C6(c7ccc(-c8nc(-c9ccccc9)nc(-c9ccccc9)n8)cc7)c7ccccc7-c7ccccc76)c5)c5ccccc5-c5ccccc54)cc3)n2)cc1. The van der Waals surface area contributed by atoms with Crippen molar-refractivity contribution in [3.8, 4) is 136 Å². The van der Waals surface area contributed by atoms with Crippen LogP contribution in [0.2, 0.25) is 0 Å². The Hall–Kier alpha value is -15.5. The van der Waals surface area contributed by atoms with Crippen LogP contribution in [-0.2, 0) is 16.2 Å². The molecule has 3 aromatic heterocycles. The van der Waals surface area contributed by atoms with Crippen LogP contribution in [0.25, 0.3) is 136 Å². The zero-order chi connectivity index (χ0) is 77.4. The van der Waals surface area contributed by atoms with Crippen LogP contribution in [-0.4, -0.2) is 44.9 Å². The maximum Gasteiger partial charge on any atom is 0.164 e. The molecule has 9 heteroatoms. The third-order valence-electron chi connectivity index (χ3n) is 23.9. The van der Waals surface area contributed by atoms with Crippen LogP contribution < -0.4 is 0 Å². The zero-order valence-electron chi connectivity index (χ0n) is 63.4. The highest BCUT2D eigenvalue weighted by Crippen LogP contribution is 2.63. The van der Waals surface area contributed by atoms with Gasteiger partial charge in [0.05, 0.1) is 16.2 Å². The minimum atomic E-state index is -0.984. The van der Waals surface area contributed by atoms with Crippen molar-refractivity contribution in [2.75, 3.05) is 0 Å². The quantitative estimate of drug-likeness (QED) is 0.0989. The monoisotopic (exact) mass is 1490 g/mol. The molecule has 3 heterocycles. The van der Waals surface area contributed by atoms with Crippen LogP contribution in [0.15, 0.2) is 419 Å². The number of nitrogens with zero attached hydrogens (tertiary/aromatic N) is 9. The number of benzene rings is 16. The van der Waals surface area contributed by atoms with Gasteiger partial charge >= 0.3 is 0 Å². The first kappa shape index (κ1) is 68.4. The van der Waals surface area contributed by atoms with E-state index in [2.05, 4.69) is 309 Å². The van der Waals surface area contributed by atoms with Gasteiger partial charge < -0.3 is 0 Å². The lowest BCUT2D eigenvalue weighted by atomic mass is 9.60. The second-order valence-electron chi connectivity index (χ2n) is 30.2. The van der Waals surface area contributed by atoms with E-state index in [9.17, 15) is 0 Å². The Bertz CT molecular complexity index is 6030. The highest BCUT2D eigenvalue weighted by Gasteiger charge is 2.53. The van der Waals surface area contributed by atoms with Crippen molar-refractivity contribution in [3.05, 3.63) is 485 Å². The van der Waals surface area contributed by atoms with Crippen molar-refractivity contribution in [2.24, 2.45) is 0 Å². The summed E-state index contributed by atoms with van der Waals surface area (Å²) in [4.78, 5) is 47.2.